The zero-order chi connectivity index (χ0) is 22.7. The predicted molar refractivity (Wildman–Crippen MR) is 120 cm³/mol. The molecule has 172 valence electrons. The Hall–Kier alpha value is -3.44. The minimum Gasteiger partial charge on any atom is -0.381 e. The minimum atomic E-state index is -0.259. The first-order valence-electron chi connectivity index (χ1n) is 11.0. The number of nitrogens with zero attached hydrogens (tertiary/aromatic N) is 4. The van der Waals surface area contributed by atoms with Crippen LogP contribution in [-0.4, -0.2) is 64.6 Å². The van der Waals surface area contributed by atoms with Gasteiger partial charge in [-0.25, -0.2) is 4.98 Å². The number of anilines is 3. The molecule has 11 heteroatoms. The highest BCUT2D eigenvalue weighted by molar-refractivity contribution is 6.00. The van der Waals surface area contributed by atoms with Gasteiger partial charge in [0.2, 0.25) is 0 Å². The van der Waals surface area contributed by atoms with E-state index in [0.717, 1.165) is 6.42 Å². The maximum absolute atomic E-state index is 13.1. The largest absolute Gasteiger partial charge is 0.381 e. The Morgan fingerprint density at radius 2 is 2.12 bits per heavy atom. The zero-order valence-electron chi connectivity index (χ0n) is 18.3. The lowest BCUT2D eigenvalue weighted by atomic mass is 10.3. The molecule has 3 fully saturated rings. The van der Waals surface area contributed by atoms with Crippen LogP contribution in [0.15, 0.2) is 35.4 Å². The molecule has 1 amide bonds. The molecule has 1 aliphatic heterocycles. The average Bonchev–Trinajstić information content (AvgIpc) is 3.58. The van der Waals surface area contributed by atoms with E-state index >= 15 is 0 Å². The smallest absolute Gasteiger partial charge is 0.274 e. The molecule has 3 aromatic heterocycles. The van der Waals surface area contributed by atoms with Crippen molar-refractivity contribution in [1.29, 1.82) is 0 Å². The van der Waals surface area contributed by atoms with Gasteiger partial charge in [-0.2, -0.15) is 9.61 Å². The summed E-state index contributed by atoms with van der Waals surface area (Å²) in [6.45, 7) is 1.42. The first-order valence-corrected chi connectivity index (χ1v) is 11.0. The molecular formula is C22H25N7O4. The van der Waals surface area contributed by atoms with Crippen LogP contribution in [0.5, 0.6) is 0 Å². The Morgan fingerprint density at radius 1 is 1.30 bits per heavy atom. The van der Waals surface area contributed by atoms with Crippen LogP contribution in [-0.2, 0) is 9.47 Å². The monoisotopic (exact) mass is 451 g/mol. The van der Waals surface area contributed by atoms with Crippen molar-refractivity contribution in [3.05, 3.63) is 46.5 Å². The van der Waals surface area contributed by atoms with E-state index in [0.29, 0.717) is 53.6 Å². The third kappa shape index (κ3) is 3.35. The van der Waals surface area contributed by atoms with Crippen LogP contribution in [0.2, 0.25) is 0 Å². The second-order valence-electron chi connectivity index (χ2n) is 8.78. The number of pyridine rings is 1. The van der Waals surface area contributed by atoms with Crippen LogP contribution in [0, 0.1) is 11.8 Å². The van der Waals surface area contributed by atoms with Crippen LogP contribution in [0.1, 0.15) is 22.8 Å². The number of nitrogens with one attached hydrogen (secondary N) is 3. The molecule has 2 saturated carbocycles. The van der Waals surface area contributed by atoms with Crippen molar-refractivity contribution < 1.29 is 14.3 Å². The van der Waals surface area contributed by atoms with Gasteiger partial charge in [0, 0.05) is 44.3 Å². The zero-order valence-corrected chi connectivity index (χ0v) is 18.3. The van der Waals surface area contributed by atoms with E-state index < -0.39 is 0 Å². The number of carbonyl (C=O) groups excluding carboxylic acids is 1. The summed E-state index contributed by atoms with van der Waals surface area (Å²) in [5.41, 5.74) is 1.07. The molecule has 0 aromatic carbocycles. The minimum absolute atomic E-state index is 0.00219. The molecule has 1 saturated heterocycles. The van der Waals surface area contributed by atoms with Crippen molar-refractivity contribution in [2.24, 2.45) is 11.8 Å². The van der Waals surface area contributed by atoms with E-state index in [4.69, 9.17) is 9.47 Å². The maximum atomic E-state index is 13.1. The number of fused-ring (bicyclic) bond motifs is 2. The van der Waals surface area contributed by atoms with Gasteiger partial charge >= 0.3 is 0 Å². The van der Waals surface area contributed by atoms with E-state index in [9.17, 15) is 9.59 Å². The molecule has 2 aliphatic carbocycles. The Morgan fingerprint density at radius 3 is 2.85 bits per heavy atom. The highest BCUT2D eigenvalue weighted by Crippen LogP contribution is 2.53. The topological polar surface area (TPSA) is 124 Å². The van der Waals surface area contributed by atoms with Crippen molar-refractivity contribution in [3.63, 3.8) is 0 Å². The van der Waals surface area contributed by atoms with Gasteiger partial charge in [0.1, 0.15) is 22.9 Å². The molecule has 11 nitrogen and oxygen atoms in total. The molecule has 3 N–H and O–H groups in total. The lowest BCUT2D eigenvalue weighted by molar-refractivity contribution is 0.0936. The third-order valence-electron chi connectivity index (χ3n) is 6.79. The maximum Gasteiger partial charge on any atom is 0.274 e. The number of aromatic nitrogens is 4. The molecule has 4 heterocycles. The molecule has 6 rings (SSSR count). The van der Waals surface area contributed by atoms with Gasteiger partial charge in [-0.3, -0.25) is 9.59 Å². The predicted octanol–water partition coefficient (Wildman–Crippen LogP) is 1.01. The fourth-order valence-corrected chi connectivity index (χ4v) is 4.80. The number of hydrogen-bond donors (Lipinski definition) is 3. The van der Waals surface area contributed by atoms with Crippen molar-refractivity contribution in [2.45, 2.75) is 24.6 Å². The first-order chi connectivity index (χ1) is 16.1. The number of carbonyl (C=O) groups is 1. The Balaban J connectivity index is 1.31. The standard InChI is InChI=1S/C22H25N7O4/c1-23-18-7-17(25-14-4-3-5-28(22(14)31)19-12-9-33-10-13(12)19)27-20-11(8-24-29(18)20)21(30)26-15-6-16(15)32-2/h3-5,7-8,12-13,15-16,19,23H,6,9-10H2,1-2H3,(H,25,27)(H,26,30)/t12-,13?,15-,16-,19?/m0/s1. The fraction of sp³-hybridized carbons (Fsp3) is 0.455. The Kier molecular flexibility index (Phi) is 4.63. The molecule has 3 aliphatic rings. The molecule has 0 spiro atoms. The van der Waals surface area contributed by atoms with Crippen LogP contribution < -0.4 is 21.5 Å². The van der Waals surface area contributed by atoms with Crippen LogP contribution in [0.3, 0.4) is 0 Å². The molecule has 33 heavy (non-hydrogen) atoms. The molecule has 0 bridgehead atoms. The molecule has 2 unspecified atom stereocenters. The van der Waals surface area contributed by atoms with Gasteiger partial charge in [-0.05, 0) is 18.6 Å². The average molecular weight is 451 g/mol. The van der Waals surface area contributed by atoms with Crippen molar-refractivity contribution >= 4 is 28.9 Å². The lowest BCUT2D eigenvalue weighted by Gasteiger charge is -2.13. The van der Waals surface area contributed by atoms with Crippen LogP contribution in [0.25, 0.3) is 5.65 Å². The van der Waals surface area contributed by atoms with E-state index in [1.807, 2.05) is 12.3 Å². The summed E-state index contributed by atoms with van der Waals surface area (Å²) in [6, 6.07) is 5.54. The van der Waals surface area contributed by atoms with Crippen molar-refractivity contribution in [2.75, 3.05) is 38.0 Å². The normalized spacial score (nSPS) is 27.3. The van der Waals surface area contributed by atoms with Gasteiger partial charge in [0.05, 0.1) is 31.6 Å². The third-order valence-corrected chi connectivity index (χ3v) is 6.79. The van der Waals surface area contributed by atoms with Gasteiger partial charge in [-0.1, -0.05) is 0 Å². The number of rotatable bonds is 7. The van der Waals surface area contributed by atoms with Crippen molar-refractivity contribution in [3.8, 4) is 0 Å². The highest BCUT2D eigenvalue weighted by Gasteiger charge is 2.55. The van der Waals surface area contributed by atoms with Crippen molar-refractivity contribution in [1.82, 2.24) is 24.5 Å². The summed E-state index contributed by atoms with van der Waals surface area (Å²) in [7, 11) is 3.39. The van der Waals surface area contributed by atoms with Gasteiger partial charge in [0.15, 0.2) is 5.65 Å². The Bertz CT molecular complexity index is 1290. The second-order valence-corrected chi connectivity index (χ2v) is 8.78. The molecule has 0 radical (unpaired) electrons. The van der Waals surface area contributed by atoms with E-state index in [1.54, 1.807) is 35.4 Å². The molecular weight excluding hydrogens is 426 g/mol. The molecule has 3 aromatic rings. The second kappa shape index (κ2) is 7.56. The summed E-state index contributed by atoms with van der Waals surface area (Å²) in [6.07, 6.45) is 4.16. The number of hydrogen-bond acceptors (Lipinski definition) is 8. The van der Waals surface area contributed by atoms with E-state index in [-0.39, 0.29) is 29.7 Å². The summed E-state index contributed by atoms with van der Waals surface area (Å²) >= 11 is 0. The fourth-order valence-electron chi connectivity index (χ4n) is 4.80. The summed E-state index contributed by atoms with van der Waals surface area (Å²) < 4.78 is 14.1. The number of amides is 1. The quantitative estimate of drug-likeness (QED) is 0.486. The summed E-state index contributed by atoms with van der Waals surface area (Å²) in [4.78, 5) is 30.6. The van der Waals surface area contributed by atoms with Gasteiger partial charge < -0.3 is 30.0 Å². The highest BCUT2D eigenvalue weighted by atomic mass is 16.5. The summed E-state index contributed by atoms with van der Waals surface area (Å²) in [5.74, 6) is 1.65. The first kappa shape index (κ1) is 20.2. The molecule has 5 atom stereocenters. The van der Waals surface area contributed by atoms with Gasteiger partial charge in [-0.15, -0.1) is 0 Å². The van der Waals surface area contributed by atoms with Gasteiger partial charge in [0.25, 0.3) is 11.5 Å². The van der Waals surface area contributed by atoms with Crippen LogP contribution in [0.4, 0.5) is 17.3 Å². The summed E-state index contributed by atoms with van der Waals surface area (Å²) in [5, 5.41) is 13.5. The van der Waals surface area contributed by atoms with E-state index in [1.165, 1.54) is 6.20 Å². The lowest BCUT2D eigenvalue weighted by Crippen LogP contribution is -2.28. The SMILES string of the molecule is CNc1cc(Nc2cccn(C3C4COC[C@@H]43)c2=O)nc2c(C(=O)N[C@H]3C[C@@H]3OC)cnn12. The number of methoxy groups -OCH3 is 1. The van der Waals surface area contributed by atoms with E-state index in [2.05, 4.69) is 26.0 Å². The van der Waals surface area contributed by atoms with Crippen LogP contribution >= 0.6 is 0 Å². The number of ether oxygens (including phenoxy) is 2. The Labute approximate surface area is 189 Å².